The smallest absolute Gasteiger partial charge is 0.224 e. The Morgan fingerprint density at radius 2 is 1.74 bits per heavy atom. The Morgan fingerprint density at radius 1 is 1.04 bits per heavy atom. The number of rotatable bonds is 9. The van der Waals surface area contributed by atoms with Gasteiger partial charge >= 0.3 is 0 Å². The summed E-state index contributed by atoms with van der Waals surface area (Å²) >= 11 is 0. The minimum Gasteiger partial charge on any atom is -0.395 e. The molecule has 1 aliphatic heterocycles. The fraction of sp³-hybridized carbons (Fsp3) is 0.611. The van der Waals surface area contributed by atoms with Crippen molar-refractivity contribution < 1.29 is 9.90 Å². The molecule has 0 aliphatic carbocycles. The maximum Gasteiger partial charge on any atom is 0.224 e. The predicted molar refractivity (Wildman–Crippen MR) is 92.2 cm³/mol. The van der Waals surface area contributed by atoms with Crippen LogP contribution in [-0.2, 0) is 17.8 Å². The molecule has 1 amide bonds. The van der Waals surface area contributed by atoms with Crippen LogP contribution >= 0.6 is 0 Å². The predicted octanol–water partition coefficient (Wildman–Crippen LogP) is 0.913. The van der Waals surface area contributed by atoms with Gasteiger partial charge in [-0.05, 0) is 37.1 Å². The number of nitrogens with one attached hydrogen (secondary N) is 2. The lowest BCUT2D eigenvalue weighted by atomic mass is 10.1. The highest BCUT2D eigenvalue weighted by molar-refractivity contribution is 5.78. The van der Waals surface area contributed by atoms with E-state index in [-0.39, 0.29) is 12.5 Å². The molecule has 0 radical (unpaired) electrons. The SMILES string of the molecule is O=C(Cc1ccc(CNCCO)cc1)NCCN1CCCCC1. The zero-order valence-corrected chi connectivity index (χ0v) is 13.9. The van der Waals surface area contributed by atoms with Crippen LogP contribution in [0, 0.1) is 0 Å². The first-order chi connectivity index (χ1) is 11.3. The highest BCUT2D eigenvalue weighted by atomic mass is 16.3. The highest BCUT2D eigenvalue weighted by Crippen LogP contribution is 2.07. The Kier molecular flexibility index (Phi) is 8.07. The molecule has 0 unspecified atom stereocenters. The fourth-order valence-corrected chi connectivity index (χ4v) is 2.87. The summed E-state index contributed by atoms with van der Waals surface area (Å²) < 4.78 is 0. The van der Waals surface area contributed by atoms with Gasteiger partial charge in [-0.25, -0.2) is 0 Å². The van der Waals surface area contributed by atoms with E-state index in [1.807, 2.05) is 24.3 Å². The van der Waals surface area contributed by atoms with Crippen LogP contribution in [0.15, 0.2) is 24.3 Å². The molecular formula is C18H29N3O2. The molecule has 0 saturated carbocycles. The second kappa shape index (κ2) is 10.4. The van der Waals surface area contributed by atoms with Crippen LogP contribution in [0.25, 0.3) is 0 Å². The number of benzene rings is 1. The van der Waals surface area contributed by atoms with Crippen LogP contribution < -0.4 is 10.6 Å². The average molecular weight is 319 g/mol. The summed E-state index contributed by atoms with van der Waals surface area (Å²) in [6.45, 7) is 5.52. The molecule has 1 aromatic rings. The van der Waals surface area contributed by atoms with Crippen LogP contribution in [0.4, 0.5) is 0 Å². The van der Waals surface area contributed by atoms with Crippen molar-refractivity contribution in [3.8, 4) is 0 Å². The normalized spacial score (nSPS) is 15.5. The van der Waals surface area contributed by atoms with E-state index < -0.39 is 0 Å². The number of aliphatic hydroxyl groups is 1. The molecule has 1 fully saturated rings. The quantitative estimate of drug-likeness (QED) is 0.592. The molecular weight excluding hydrogens is 290 g/mol. The maximum atomic E-state index is 12.0. The molecule has 1 saturated heterocycles. The molecule has 0 bridgehead atoms. The molecule has 23 heavy (non-hydrogen) atoms. The summed E-state index contributed by atoms with van der Waals surface area (Å²) in [5.74, 6) is 0.0909. The van der Waals surface area contributed by atoms with Gasteiger partial charge in [-0.2, -0.15) is 0 Å². The Balaban J connectivity index is 1.64. The van der Waals surface area contributed by atoms with Crippen molar-refractivity contribution in [3.05, 3.63) is 35.4 Å². The van der Waals surface area contributed by atoms with Crippen LogP contribution in [0.3, 0.4) is 0 Å². The monoisotopic (exact) mass is 319 g/mol. The molecule has 1 aliphatic rings. The van der Waals surface area contributed by atoms with Gasteiger partial charge in [0.25, 0.3) is 0 Å². The van der Waals surface area contributed by atoms with Gasteiger partial charge in [0.2, 0.25) is 5.91 Å². The Labute approximate surface area is 139 Å². The Bertz CT molecular complexity index is 456. The highest BCUT2D eigenvalue weighted by Gasteiger charge is 2.10. The molecule has 5 nitrogen and oxygen atoms in total. The number of hydrogen-bond donors (Lipinski definition) is 3. The van der Waals surface area contributed by atoms with Gasteiger partial charge in [-0.15, -0.1) is 0 Å². The largest absolute Gasteiger partial charge is 0.395 e. The Morgan fingerprint density at radius 3 is 2.43 bits per heavy atom. The molecule has 5 heteroatoms. The van der Waals surface area contributed by atoms with Gasteiger partial charge in [0, 0.05) is 26.2 Å². The molecule has 2 rings (SSSR count). The van der Waals surface area contributed by atoms with Gasteiger partial charge in [0.1, 0.15) is 0 Å². The first kappa shape index (κ1) is 17.9. The van der Waals surface area contributed by atoms with E-state index >= 15 is 0 Å². The fourth-order valence-electron chi connectivity index (χ4n) is 2.87. The number of hydrogen-bond acceptors (Lipinski definition) is 4. The van der Waals surface area contributed by atoms with Crippen molar-refractivity contribution in [2.75, 3.05) is 39.3 Å². The lowest BCUT2D eigenvalue weighted by Crippen LogP contribution is -2.38. The first-order valence-electron chi connectivity index (χ1n) is 8.66. The van der Waals surface area contributed by atoms with E-state index in [0.717, 1.165) is 30.8 Å². The second-order valence-electron chi connectivity index (χ2n) is 6.15. The summed E-state index contributed by atoms with van der Waals surface area (Å²) in [5.41, 5.74) is 2.19. The minimum absolute atomic E-state index is 0.0909. The minimum atomic E-state index is 0.0909. The van der Waals surface area contributed by atoms with E-state index in [0.29, 0.717) is 13.0 Å². The number of likely N-dealkylation sites (tertiary alicyclic amines) is 1. The molecule has 1 aromatic carbocycles. The summed E-state index contributed by atoms with van der Waals surface area (Å²) in [6, 6.07) is 8.06. The van der Waals surface area contributed by atoms with E-state index in [2.05, 4.69) is 15.5 Å². The van der Waals surface area contributed by atoms with E-state index in [9.17, 15) is 4.79 Å². The molecule has 0 spiro atoms. The van der Waals surface area contributed by atoms with E-state index in [4.69, 9.17) is 5.11 Å². The van der Waals surface area contributed by atoms with Crippen molar-refractivity contribution in [1.29, 1.82) is 0 Å². The topological polar surface area (TPSA) is 64.6 Å². The van der Waals surface area contributed by atoms with Gasteiger partial charge in [0.15, 0.2) is 0 Å². The van der Waals surface area contributed by atoms with E-state index in [1.54, 1.807) is 0 Å². The molecule has 0 atom stereocenters. The van der Waals surface area contributed by atoms with Crippen LogP contribution in [-0.4, -0.2) is 55.2 Å². The third-order valence-corrected chi connectivity index (χ3v) is 4.20. The van der Waals surface area contributed by atoms with E-state index in [1.165, 1.54) is 32.4 Å². The number of carbonyl (C=O) groups is 1. The van der Waals surface area contributed by atoms with Crippen molar-refractivity contribution in [1.82, 2.24) is 15.5 Å². The number of piperidine rings is 1. The summed E-state index contributed by atoms with van der Waals surface area (Å²) in [7, 11) is 0. The second-order valence-corrected chi connectivity index (χ2v) is 6.15. The summed E-state index contributed by atoms with van der Waals surface area (Å²) in [5, 5.41) is 14.9. The van der Waals surface area contributed by atoms with Gasteiger partial charge in [0.05, 0.1) is 13.0 Å². The zero-order valence-electron chi connectivity index (χ0n) is 13.9. The maximum absolute atomic E-state index is 12.0. The van der Waals surface area contributed by atoms with Crippen molar-refractivity contribution in [2.45, 2.75) is 32.2 Å². The van der Waals surface area contributed by atoms with Crippen molar-refractivity contribution >= 4 is 5.91 Å². The van der Waals surface area contributed by atoms with Crippen LogP contribution in [0.1, 0.15) is 30.4 Å². The number of carbonyl (C=O) groups excluding carboxylic acids is 1. The van der Waals surface area contributed by atoms with Gasteiger partial charge in [-0.3, -0.25) is 4.79 Å². The summed E-state index contributed by atoms with van der Waals surface area (Å²) in [4.78, 5) is 14.4. The number of aliphatic hydroxyl groups excluding tert-OH is 1. The standard InChI is InChI=1S/C18H29N3O2/c22-13-9-19-15-17-6-4-16(5-7-17)14-18(23)20-8-12-21-10-2-1-3-11-21/h4-7,19,22H,1-3,8-15H2,(H,20,23). The number of amides is 1. The third-order valence-electron chi connectivity index (χ3n) is 4.20. The van der Waals surface area contributed by atoms with Crippen LogP contribution in [0.2, 0.25) is 0 Å². The number of nitrogens with zero attached hydrogens (tertiary/aromatic N) is 1. The lowest BCUT2D eigenvalue weighted by Gasteiger charge is -2.26. The van der Waals surface area contributed by atoms with Gasteiger partial charge in [-0.1, -0.05) is 30.7 Å². The lowest BCUT2D eigenvalue weighted by molar-refractivity contribution is -0.120. The van der Waals surface area contributed by atoms with Crippen molar-refractivity contribution in [2.24, 2.45) is 0 Å². The molecule has 128 valence electrons. The molecule has 0 aromatic heterocycles. The van der Waals surface area contributed by atoms with Crippen molar-refractivity contribution in [3.63, 3.8) is 0 Å². The van der Waals surface area contributed by atoms with Gasteiger partial charge < -0.3 is 20.6 Å². The summed E-state index contributed by atoms with van der Waals surface area (Å²) in [6.07, 6.45) is 4.35. The average Bonchev–Trinajstić information content (AvgIpc) is 2.58. The third kappa shape index (κ3) is 7.12. The zero-order chi connectivity index (χ0) is 16.3. The Hall–Kier alpha value is -1.43. The van der Waals surface area contributed by atoms with Crippen LogP contribution in [0.5, 0.6) is 0 Å². The molecule has 3 N–H and O–H groups in total. The molecule has 1 heterocycles. The first-order valence-corrected chi connectivity index (χ1v) is 8.66.